The van der Waals surface area contributed by atoms with Gasteiger partial charge in [0.05, 0.1) is 83.8 Å². The largest absolute Gasteiger partial charge is 0.477 e. The molecular weight excluding hydrogens is 1740 g/mol. The number of carbonyl (C=O) groups excluding carboxylic acids is 5. The Labute approximate surface area is 717 Å². The van der Waals surface area contributed by atoms with Crippen LogP contribution in [0, 0.1) is 0 Å². The minimum Gasteiger partial charge on any atom is -0.477 e. The van der Waals surface area contributed by atoms with Crippen LogP contribution in [0.1, 0.15) is 47.5 Å². The van der Waals surface area contributed by atoms with E-state index in [1.54, 1.807) is 0 Å². The molecule has 57 nitrogen and oxygen atoms in total. The van der Waals surface area contributed by atoms with Gasteiger partial charge in [0.25, 0.3) is 11.6 Å². The molecule has 57 heteroatoms. The maximum atomic E-state index is 13.4. The van der Waals surface area contributed by atoms with Crippen LogP contribution < -0.4 is 26.6 Å². The maximum Gasteiger partial charge on any atom is 0.364 e. The van der Waals surface area contributed by atoms with Gasteiger partial charge >= 0.3 is 11.9 Å². The predicted molar refractivity (Wildman–Crippen MR) is 389 cm³/mol. The Hall–Kier alpha value is -5.43. The minimum atomic E-state index is -3.12. The molecule has 0 aromatic heterocycles. The summed E-state index contributed by atoms with van der Waals surface area (Å²) in [4.78, 5) is 89.2. The lowest BCUT2D eigenvalue weighted by Gasteiger charge is -2.52. The molecule has 9 aliphatic rings. The molecule has 0 aliphatic carbocycles. The molecule has 0 spiro atoms. The number of hydrogen-bond acceptors (Lipinski definition) is 50. The number of carboxylic acid groups (broad SMARTS) is 2. The van der Waals surface area contributed by atoms with E-state index < -0.39 is 401 Å². The molecule has 47 atom stereocenters. The van der Waals surface area contributed by atoms with E-state index in [1.807, 2.05) is 0 Å². The summed E-state index contributed by atoms with van der Waals surface area (Å²) in [5, 5.41) is 323. The third-order valence-electron chi connectivity index (χ3n) is 22.7. The molecule has 732 valence electrons. The van der Waals surface area contributed by atoms with Crippen LogP contribution >= 0.6 is 0 Å². The average molecular weight is 1860 g/mol. The Bertz CT molecular complexity index is 3580. The summed E-state index contributed by atoms with van der Waals surface area (Å²) >= 11 is 0. The van der Waals surface area contributed by atoms with Crippen LogP contribution in [0.25, 0.3) is 0 Å². The lowest BCUT2D eigenvalue weighted by Crippen LogP contribution is -2.71. The zero-order valence-electron chi connectivity index (χ0n) is 68.1. The average Bonchev–Trinajstić information content (AvgIpc) is 0.758. The van der Waals surface area contributed by atoms with E-state index in [0.29, 0.717) is 0 Å². The van der Waals surface area contributed by atoms with Crippen LogP contribution in [0.2, 0.25) is 0 Å². The molecule has 127 heavy (non-hydrogen) atoms. The number of rotatable bonds is 36. The molecule has 5 amide bonds. The number of carboxylic acids is 2. The molecule has 0 aromatic rings. The number of nitrogens with one attached hydrogen (secondary N) is 5. The lowest BCUT2D eigenvalue weighted by atomic mass is 9.88. The van der Waals surface area contributed by atoms with E-state index in [1.165, 1.54) is 0 Å². The van der Waals surface area contributed by atoms with Crippen LogP contribution in [0.5, 0.6) is 0 Å². The maximum absolute atomic E-state index is 13.4. The summed E-state index contributed by atoms with van der Waals surface area (Å²) in [5.41, 5.74) is 0. The molecular formula is C70H115N5O52. The molecule has 9 fully saturated rings. The summed E-state index contributed by atoms with van der Waals surface area (Å²) in [6.45, 7) is -6.52. The molecule has 9 rings (SSSR count). The molecule has 0 saturated carbocycles. The Balaban J connectivity index is 1.02. The van der Waals surface area contributed by atoms with Crippen molar-refractivity contribution in [3.05, 3.63) is 0 Å². The normalized spacial score (nSPS) is 45.5. The van der Waals surface area contributed by atoms with Gasteiger partial charge in [0.15, 0.2) is 44.0 Å². The first-order valence-electron chi connectivity index (χ1n) is 39.9. The van der Waals surface area contributed by atoms with Gasteiger partial charge in [0.2, 0.25) is 29.5 Å². The smallest absolute Gasteiger partial charge is 0.364 e. The monoisotopic (exact) mass is 1860 g/mol. The highest BCUT2D eigenvalue weighted by Gasteiger charge is 2.64. The van der Waals surface area contributed by atoms with Gasteiger partial charge in [-0.15, -0.1) is 0 Å². The number of aliphatic hydroxyl groups is 26. The van der Waals surface area contributed by atoms with E-state index in [9.17, 15) is 177 Å². The standard InChI is InChI=1S/C70H115N5O52/c1-17(83)71-33-22(88)6-69(67(107)108,126-56(33)38(92)24(90)8-76)111-15-31-40(94)46(100)48(102)63(118-31)121-53-28(12-80)115-61(36(44(53)98)74-20(4)86)120-55-30(14-82)117-66(124-58-42(96)26(10-78)114-65(51(58)105)123-52-27(11-79)113-60(106)35(43(52)97)73-19(3)85)59(50(55)104)125-62-37(75-21(5)87)45(99)54(29(13-81)116-62)122-64-49(103)47(101)41(95)32(119-64)16-112-70(68(109)110)7-23(89)34(72-18(2)84)57(127-70)39(93)25(91)9-77/h22-66,76-82,88-106H,6-16H2,1-5H3,(H,71,83)(H,72,84)(H,73,85)(H,74,86)(H,75,87)(H,107,108)(H,109,110)/t22-,23-,24+,25+,26+,27+,28+,29+,30+,31+,32+,33+,34+,35+,36+,37+,38+,39+,40-,41-,42+,43+,44+,45+,46-,47-,48+,49+,50-,51-,52+,53+,54+,55+,56+,57+,58-,59-,60?,61-,62-,63-,64-,65-,66+,69+,70+/m0/s1. The SMILES string of the molecule is CC(=O)N[C@H]1[C@H](O[C@@H]2[C@@H](O[C@@H]3[C@H](O)[C@H](O[C@H]4[C@H](O)[C@@H](NC(C)=O)C(O)O[C@@H]4CO)O[C@H](CO)[C@H]3O)O[C@H](CO)[C@@H](O[C@@H]3O[C@H](CO)[C@@H](O[C@@H]4O[C@H](CO[C@]5(C(=O)O)C[C@H](O)[C@@H](NC(C)=O)[C@H]([C@H](O)[C@H](O)CO)O5)[C@H](O)[C@H](O)[C@H]4O)[C@H](O)[C@H]3NC(C)=O)[C@@H]2O)O[C@H](CO)[C@@H](O[C@@H]2O[C@H](CO[C@]3(C(=O)O)C[C@H](O)[C@@H](NC(C)=O)[C@H]([C@H](O)[C@H](O)CO)O3)[C@H](O)[C@H](O)[C@H]2O)[C@@H]1O. The van der Waals surface area contributed by atoms with Gasteiger partial charge < -0.3 is 250 Å². The Morgan fingerprint density at radius 3 is 0.961 bits per heavy atom. The number of carbonyl (C=O) groups is 7. The Kier molecular flexibility index (Phi) is 37.4. The van der Waals surface area contributed by atoms with Crippen molar-refractivity contribution >= 4 is 41.5 Å². The number of amides is 5. The van der Waals surface area contributed by atoms with Crippen LogP contribution in [-0.2, 0) is 114 Å². The van der Waals surface area contributed by atoms with Crippen LogP contribution in [0.3, 0.4) is 0 Å². The highest BCUT2D eigenvalue weighted by Crippen LogP contribution is 2.42. The second-order valence-electron chi connectivity index (χ2n) is 31.8. The van der Waals surface area contributed by atoms with Gasteiger partial charge in [-0.1, -0.05) is 0 Å². The molecule has 0 aromatic carbocycles. The van der Waals surface area contributed by atoms with Crippen molar-refractivity contribution < 1.29 is 257 Å². The number of ether oxygens (including phenoxy) is 17. The van der Waals surface area contributed by atoms with Crippen LogP contribution in [0.4, 0.5) is 0 Å². The van der Waals surface area contributed by atoms with Gasteiger partial charge in [0.1, 0.15) is 207 Å². The summed E-state index contributed by atoms with van der Waals surface area (Å²) < 4.78 is 100. The number of aliphatic hydroxyl groups excluding tert-OH is 26. The fourth-order valence-electron chi connectivity index (χ4n) is 16.2. The van der Waals surface area contributed by atoms with Gasteiger partial charge in [0, 0.05) is 47.5 Å². The van der Waals surface area contributed by atoms with E-state index in [2.05, 4.69) is 26.6 Å². The van der Waals surface area contributed by atoms with Crippen molar-refractivity contribution in [1.82, 2.24) is 26.6 Å². The number of hydrogen-bond donors (Lipinski definition) is 33. The molecule has 0 radical (unpaired) electrons. The quantitative estimate of drug-likeness (QED) is 0.0277. The van der Waals surface area contributed by atoms with Crippen molar-refractivity contribution in [1.29, 1.82) is 0 Å². The molecule has 9 heterocycles. The second-order valence-corrected chi connectivity index (χ2v) is 31.8. The summed E-state index contributed by atoms with van der Waals surface area (Å²) in [5.74, 6) is -15.1. The zero-order valence-corrected chi connectivity index (χ0v) is 68.1. The topological polar surface area (TPSA) is 903 Å². The van der Waals surface area contributed by atoms with Gasteiger partial charge in [-0.25, -0.2) is 9.59 Å². The highest BCUT2D eigenvalue weighted by atomic mass is 16.8. The summed E-state index contributed by atoms with van der Waals surface area (Å²) in [6.07, 6.45) is -91.7. The molecule has 9 aliphatic heterocycles. The van der Waals surface area contributed by atoms with Crippen LogP contribution in [0.15, 0.2) is 0 Å². The third-order valence-corrected chi connectivity index (χ3v) is 22.7. The van der Waals surface area contributed by atoms with E-state index >= 15 is 0 Å². The highest BCUT2D eigenvalue weighted by molar-refractivity contribution is 5.78. The van der Waals surface area contributed by atoms with E-state index in [0.717, 1.165) is 34.6 Å². The van der Waals surface area contributed by atoms with Crippen molar-refractivity contribution in [2.75, 3.05) is 59.5 Å². The summed E-state index contributed by atoms with van der Waals surface area (Å²) in [7, 11) is 0. The zero-order chi connectivity index (χ0) is 94.4. The first-order chi connectivity index (χ1) is 59.7. The van der Waals surface area contributed by atoms with Gasteiger partial charge in [-0.05, 0) is 0 Å². The second kappa shape index (κ2) is 45.1. The Morgan fingerprint density at radius 2 is 0.606 bits per heavy atom. The van der Waals surface area contributed by atoms with E-state index in [-0.39, 0.29) is 0 Å². The fourth-order valence-corrected chi connectivity index (χ4v) is 16.2. The van der Waals surface area contributed by atoms with Crippen molar-refractivity contribution in [2.45, 2.75) is 335 Å². The minimum absolute atomic E-state index is 0.837. The molecule has 33 N–H and O–H groups in total. The molecule has 1 unspecified atom stereocenters. The van der Waals surface area contributed by atoms with Crippen molar-refractivity contribution in [3.63, 3.8) is 0 Å². The first kappa shape index (κ1) is 105. The van der Waals surface area contributed by atoms with Crippen LogP contribution in [-0.4, -0.2) is 531 Å². The van der Waals surface area contributed by atoms with Crippen molar-refractivity contribution in [3.8, 4) is 0 Å². The fraction of sp³-hybridized carbons (Fsp3) is 0.900. The molecule has 0 bridgehead atoms. The van der Waals surface area contributed by atoms with E-state index in [4.69, 9.17) is 80.5 Å². The Morgan fingerprint density at radius 1 is 0.315 bits per heavy atom. The molecule has 9 saturated heterocycles. The lowest BCUT2D eigenvalue weighted by molar-refractivity contribution is -0.404. The number of aliphatic carboxylic acids is 2. The van der Waals surface area contributed by atoms with Gasteiger partial charge in [-0.3, -0.25) is 24.0 Å². The summed E-state index contributed by atoms with van der Waals surface area (Å²) in [6, 6.07) is -9.42. The van der Waals surface area contributed by atoms with Crippen molar-refractivity contribution in [2.24, 2.45) is 0 Å². The van der Waals surface area contributed by atoms with Gasteiger partial charge in [-0.2, -0.15) is 0 Å². The third kappa shape index (κ3) is 23.5. The predicted octanol–water partition coefficient (Wildman–Crippen LogP) is -21.5. The first-order valence-corrected chi connectivity index (χ1v) is 39.9.